The average molecular weight is 352 g/mol. The molecule has 0 bridgehead atoms. The molecule has 0 saturated carbocycles. The fourth-order valence-electron chi connectivity index (χ4n) is 1.15. The molecule has 0 spiro atoms. The van der Waals surface area contributed by atoms with Gasteiger partial charge in [-0.1, -0.05) is 0 Å². The average Bonchev–Trinajstić information content (AvgIpc) is 2.55. The van der Waals surface area contributed by atoms with E-state index in [1.54, 1.807) is 6.07 Å². The van der Waals surface area contributed by atoms with E-state index >= 15 is 0 Å². The van der Waals surface area contributed by atoms with Crippen LogP contribution in [0.4, 0.5) is 4.39 Å². The standard InChI is InChI=1S/C9H5Br2FN2O2/c1-3-6(12)9(15)14-8(13-3)5-2-4(10)7(11)16-5/h2H,1H3,(H,13,14,15). The number of aromatic nitrogens is 2. The van der Waals surface area contributed by atoms with Crippen molar-refractivity contribution in [1.82, 2.24) is 9.97 Å². The van der Waals surface area contributed by atoms with Gasteiger partial charge in [-0.2, -0.15) is 4.39 Å². The Morgan fingerprint density at radius 2 is 2.19 bits per heavy atom. The van der Waals surface area contributed by atoms with Crippen LogP contribution in [-0.4, -0.2) is 9.97 Å². The third kappa shape index (κ3) is 1.97. The van der Waals surface area contributed by atoms with Gasteiger partial charge in [0.25, 0.3) is 5.56 Å². The van der Waals surface area contributed by atoms with Gasteiger partial charge in [-0.05, 0) is 38.8 Å². The van der Waals surface area contributed by atoms with Gasteiger partial charge >= 0.3 is 0 Å². The van der Waals surface area contributed by atoms with Crippen molar-refractivity contribution in [3.63, 3.8) is 0 Å². The van der Waals surface area contributed by atoms with Crippen molar-refractivity contribution in [3.05, 3.63) is 37.1 Å². The van der Waals surface area contributed by atoms with Gasteiger partial charge in [0.05, 0.1) is 10.2 Å². The van der Waals surface area contributed by atoms with Crippen LogP contribution < -0.4 is 5.56 Å². The van der Waals surface area contributed by atoms with Crippen LogP contribution in [0.15, 0.2) is 24.4 Å². The lowest BCUT2D eigenvalue weighted by Crippen LogP contribution is -2.15. The molecule has 0 amide bonds. The van der Waals surface area contributed by atoms with Crippen LogP contribution in [0, 0.1) is 12.7 Å². The maximum absolute atomic E-state index is 13.1. The molecule has 0 radical (unpaired) electrons. The van der Waals surface area contributed by atoms with Crippen LogP contribution in [-0.2, 0) is 0 Å². The molecule has 2 rings (SSSR count). The maximum atomic E-state index is 13.1. The first-order valence-corrected chi connectivity index (χ1v) is 5.79. The molecule has 16 heavy (non-hydrogen) atoms. The molecule has 0 unspecified atom stereocenters. The highest BCUT2D eigenvalue weighted by Gasteiger charge is 2.13. The van der Waals surface area contributed by atoms with Crippen molar-refractivity contribution < 1.29 is 8.81 Å². The van der Waals surface area contributed by atoms with Gasteiger partial charge in [-0.15, -0.1) is 0 Å². The number of H-pyrrole nitrogens is 1. The molecule has 0 aliphatic rings. The van der Waals surface area contributed by atoms with Crippen molar-refractivity contribution in [2.75, 3.05) is 0 Å². The topological polar surface area (TPSA) is 58.9 Å². The van der Waals surface area contributed by atoms with Gasteiger partial charge < -0.3 is 9.40 Å². The lowest BCUT2D eigenvalue weighted by atomic mass is 10.3. The van der Waals surface area contributed by atoms with E-state index < -0.39 is 11.4 Å². The van der Waals surface area contributed by atoms with Crippen LogP contribution in [0.5, 0.6) is 0 Å². The maximum Gasteiger partial charge on any atom is 0.287 e. The molecule has 0 atom stereocenters. The Kier molecular flexibility index (Phi) is 2.98. The molecule has 4 nitrogen and oxygen atoms in total. The van der Waals surface area contributed by atoms with E-state index in [2.05, 4.69) is 41.8 Å². The summed E-state index contributed by atoms with van der Waals surface area (Å²) in [4.78, 5) is 17.4. The number of rotatable bonds is 1. The molecule has 7 heteroatoms. The van der Waals surface area contributed by atoms with Crippen molar-refractivity contribution in [1.29, 1.82) is 0 Å². The Bertz CT molecular complexity index is 587. The fourth-order valence-corrected chi connectivity index (χ4v) is 1.73. The lowest BCUT2D eigenvalue weighted by Gasteiger charge is -1.98. The molecular formula is C9H5Br2FN2O2. The second-order valence-corrected chi connectivity index (χ2v) is 4.62. The summed E-state index contributed by atoms with van der Waals surface area (Å²) in [5.41, 5.74) is -0.784. The minimum absolute atomic E-state index is 0.0300. The zero-order valence-electron chi connectivity index (χ0n) is 7.97. The number of aryl methyl sites for hydroxylation is 1. The number of furan rings is 1. The summed E-state index contributed by atoms with van der Waals surface area (Å²) >= 11 is 6.39. The number of halogens is 3. The van der Waals surface area contributed by atoms with Crippen LogP contribution >= 0.6 is 31.9 Å². The van der Waals surface area contributed by atoms with Crippen molar-refractivity contribution in [2.45, 2.75) is 6.92 Å². The predicted molar refractivity (Wildman–Crippen MR) is 62.7 cm³/mol. The fraction of sp³-hybridized carbons (Fsp3) is 0.111. The Balaban J connectivity index is 2.61. The van der Waals surface area contributed by atoms with Crippen molar-refractivity contribution >= 4 is 31.9 Å². The van der Waals surface area contributed by atoms with Crippen LogP contribution in [0.1, 0.15) is 5.69 Å². The first kappa shape index (κ1) is 11.5. The number of aromatic amines is 1. The van der Waals surface area contributed by atoms with E-state index in [-0.39, 0.29) is 11.5 Å². The van der Waals surface area contributed by atoms with E-state index in [1.807, 2.05) is 0 Å². The first-order valence-electron chi connectivity index (χ1n) is 4.20. The van der Waals surface area contributed by atoms with E-state index in [0.29, 0.717) is 14.9 Å². The van der Waals surface area contributed by atoms with E-state index in [0.717, 1.165) is 0 Å². The predicted octanol–water partition coefficient (Wildman–Crippen LogP) is 3.00. The summed E-state index contributed by atoms with van der Waals surface area (Å²) in [7, 11) is 0. The van der Waals surface area contributed by atoms with Gasteiger partial charge in [0.2, 0.25) is 5.82 Å². The molecule has 0 saturated heterocycles. The third-order valence-electron chi connectivity index (χ3n) is 1.91. The van der Waals surface area contributed by atoms with Crippen LogP contribution in [0.2, 0.25) is 0 Å². The number of nitrogens with zero attached hydrogens (tertiary/aromatic N) is 1. The quantitative estimate of drug-likeness (QED) is 0.859. The van der Waals surface area contributed by atoms with Gasteiger partial charge in [0.1, 0.15) is 0 Å². The molecule has 0 aliphatic carbocycles. The summed E-state index contributed by atoms with van der Waals surface area (Å²) < 4.78 is 19.5. The second-order valence-electron chi connectivity index (χ2n) is 3.05. The molecule has 2 aromatic rings. The first-order chi connectivity index (χ1) is 7.49. The van der Waals surface area contributed by atoms with Gasteiger partial charge in [0, 0.05) is 6.07 Å². The Morgan fingerprint density at radius 1 is 1.50 bits per heavy atom. The summed E-state index contributed by atoms with van der Waals surface area (Å²) in [6.07, 6.45) is 0. The zero-order valence-corrected chi connectivity index (χ0v) is 11.1. The Morgan fingerprint density at radius 3 is 2.69 bits per heavy atom. The highest BCUT2D eigenvalue weighted by atomic mass is 79.9. The van der Waals surface area contributed by atoms with E-state index in [4.69, 9.17) is 4.42 Å². The SMILES string of the molecule is Cc1nc(-c2cc(Br)c(Br)o2)[nH]c(=O)c1F. The number of nitrogens with one attached hydrogen (secondary N) is 1. The van der Waals surface area contributed by atoms with E-state index in [1.165, 1.54) is 6.92 Å². The van der Waals surface area contributed by atoms with Gasteiger partial charge in [-0.3, -0.25) is 4.79 Å². The normalized spacial score (nSPS) is 10.8. The molecule has 2 aromatic heterocycles. The highest BCUT2D eigenvalue weighted by molar-refractivity contribution is 9.13. The van der Waals surface area contributed by atoms with Crippen molar-refractivity contribution in [2.24, 2.45) is 0 Å². The third-order valence-corrected chi connectivity index (χ3v) is 3.62. The summed E-state index contributed by atoms with van der Waals surface area (Å²) in [6.45, 7) is 1.42. The van der Waals surface area contributed by atoms with E-state index in [9.17, 15) is 9.18 Å². The highest BCUT2D eigenvalue weighted by Crippen LogP contribution is 2.30. The molecule has 0 aromatic carbocycles. The summed E-state index contributed by atoms with van der Waals surface area (Å²) in [5.74, 6) is -0.345. The molecule has 0 aliphatic heterocycles. The monoisotopic (exact) mass is 350 g/mol. The minimum Gasteiger partial charge on any atom is -0.445 e. The van der Waals surface area contributed by atoms with Crippen molar-refractivity contribution in [3.8, 4) is 11.6 Å². The van der Waals surface area contributed by atoms with Crippen LogP contribution in [0.25, 0.3) is 11.6 Å². The summed E-state index contributed by atoms with van der Waals surface area (Å²) in [6, 6.07) is 1.62. The van der Waals surface area contributed by atoms with Gasteiger partial charge in [0.15, 0.2) is 16.3 Å². The largest absolute Gasteiger partial charge is 0.445 e. The molecule has 84 valence electrons. The smallest absolute Gasteiger partial charge is 0.287 e. The zero-order chi connectivity index (χ0) is 11.9. The molecule has 2 heterocycles. The Labute approximate surface area is 106 Å². The molecule has 0 fully saturated rings. The molecular weight excluding hydrogens is 347 g/mol. The molecule has 1 N–H and O–H groups in total. The minimum atomic E-state index is -0.881. The second kappa shape index (κ2) is 4.14. The summed E-state index contributed by atoms with van der Waals surface area (Å²) in [5, 5.41) is 0. The lowest BCUT2D eigenvalue weighted by molar-refractivity contribution is 0.544. The van der Waals surface area contributed by atoms with Gasteiger partial charge in [-0.25, -0.2) is 4.98 Å². The number of hydrogen-bond acceptors (Lipinski definition) is 3. The van der Waals surface area contributed by atoms with Crippen LogP contribution in [0.3, 0.4) is 0 Å². The number of hydrogen-bond donors (Lipinski definition) is 1. The Hall–Kier alpha value is -0.950.